The third-order valence-electron chi connectivity index (χ3n) is 7.45. The van der Waals surface area contributed by atoms with Crippen LogP contribution in [0.3, 0.4) is 0 Å². The molecular formula is C28H40N4O2. The van der Waals surface area contributed by atoms with E-state index in [4.69, 9.17) is 5.10 Å². The van der Waals surface area contributed by atoms with Crippen molar-refractivity contribution < 1.29 is 9.59 Å². The molecule has 34 heavy (non-hydrogen) atoms. The van der Waals surface area contributed by atoms with Crippen molar-refractivity contribution >= 4 is 17.5 Å². The van der Waals surface area contributed by atoms with E-state index in [1.54, 1.807) is 9.58 Å². The van der Waals surface area contributed by atoms with Gasteiger partial charge in [-0.2, -0.15) is 5.10 Å². The quantitative estimate of drug-likeness (QED) is 0.660. The van der Waals surface area contributed by atoms with Crippen molar-refractivity contribution in [2.24, 2.45) is 0 Å². The van der Waals surface area contributed by atoms with Gasteiger partial charge in [0.25, 0.3) is 5.91 Å². The molecule has 2 aliphatic rings. The fourth-order valence-electron chi connectivity index (χ4n) is 5.17. The molecule has 4 rings (SSSR count). The van der Waals surface area contributed by atoms with Gasteiger partial charge in [0.1, 0.15) is 11.2 Å². The van der Waals surface area contributed by atoms with Gasteiger partial charge in [-0.3, -0.25) is 19.2 Å². The van der Waals surface area contributed by atoms with Crippen LogP contribution in [-0.2, 0) is 23.2 Å². The SMILES string of the molecule is CCc1ccc(N2C(=O)c3cc(C(C)(C)C)nn3CC2(C)C(=O)NC2CCCCCCC2)cc1. The van der Waals surface area contributed by atoms with Crippen LogP contribution in [0.2, 0.25) is 0 Å². The normalized spacial score (nSPS) is 22.1. The third kappa shape index (κ3) is 4.77. The van der Waals surface area contributed by atoms with Crippen molar-refractivity contribution in [2.45, 2.75) is 110 Å². The molecular weight excluding hydrogens is 424 g/mol. The molecule has 1 saturated carbocycles. The Kier molecular flexibility index (Phi) is 6.88. The Hall–Kier alpha value is -2.63. The molecule has 1 unspecified atom stereocenters. The number of carbonyl (C=O) groups is 2. The lowest BCUT2D eigenvalue weighted by atomic mass is 9.90. The van der Waals surface area contributed by atoms with Gasteiger partial charge in [-0.1, -0.05) is 71.9 Å². The Labute approximate surface area is 204 Å². The fourth-order valence-corrected chi connectivity index (χ4v) is 5.17. The standard InChI is InChI=1S/C28H40N4O2/c1-6-20-14-16-22(17-15-20)32-25(33)23-18-24(27(2,3)4)30-31(23)19-28(32,5)26(34)29-21-12-10-8-7-9-11-13-21/h14-18,21H,6-13,19H2,1-5H3,(H,29,34). The number of nitrogens with one attached hydrogen (secondary N) is 1. The number of aryl methyl sites for hydroxylation is 1. The molecule has 0 saturated heterocycles. The molecule has 1 aliphatic heterocycles. The van der Waals surface area contributed by atoms with Gasteiger partial charge >= 0.3 is 0 Å². The second kappa shape index (κ2) is 9.55. The third-order valence-corrected chi connectivity index (χ3v) is 7.45. The molecule has 1 N–H and O–H groups in total. The Morgan fingerprint density at radius 3 is 2.29 bits per heavy atom. The number of fused-ring (bicyclic) bond motifs is 1. The van der Waals surface area contributed by atoms with E-state index >= 15 is 0 Å². The topological polar surface area (TPSA) is 67.2 Å². The molecule has 6 nitrogen and oxygen atoms in total. The summed E-state index contributed by atoms with van der Waals surface area (Å²) in [7, 11) is 0. The fraction of sp³-hybridized carbons (Fsp3) is 0.607. The van der Waals surface area contributed by atoms with Crippen LogP contribution < -0.4 is 10.2 Å². The number of nitrogens with zero attached hydrogens (tertiary/aromatic N) is 3. The van der Waals surface area contributed by atoms with Gasteiger partial charge in [-0.25, -0.2) is 0 Å². The van der Waals surface area contributed by atoms with E-state index in [1.807, 2.05) is 37.3 Å². The van der Waals surface area contributed by atoms with Gasteiger partial charge in [-0.15, -0.1) is 0 Å². The minimum Gasteiger partial charge on any atom is -0.351 e. The van der Waals surface area contributed by atoms with Crippen molar-refractivity contribution in [3.63, 3.8) is 0 Å². The average molecular weight is 465 g/mol. The predicted molar refractivity (Wildman–Crippen MR) is 136 cm³/mol. The summed E-state index contributed by atoms with van der Waals surface area (Å²) in [5, 5.41) is 8.10. The summed E-state index contributed by atoms with van der Waals surface area (Å²) in [5.41, 5.74) is 2.11. The molecule has 1 aromatic heterocycles. The second-order valence-corrected chi connectivity index (χ2v) is 11.3. The van der Waals surface area contributed by atoms with Crippen LogP contribution >= 0.6 is 0 Å². The molecule has 2 amide bonds. The first kappa shape index (κ1) is 24.5. The van der Waals surface area contributed by atoms with E-state index < -0.39 is 5.54 Å². The highest BCUT2D eigenvalue weighted by Crippen LogP contribution is 2.35. The maximum Gasteiger partial charge on any atom is 0.277 e. The summed E-state index contributed by atoms with van der Waals surface area (Å²) >= 11 is 0. The summed E-state index contributed by atoms with van der Waals surface area (Å²) in [6, 6.07) is 10.1. The number of anilines is 1. The zero-order valence-corrected chi connectivity index (χ0v) is 21.5. The van der Waals surface area contributed by atoms with E-state index in [2.05, 4.69) is 33.0 Å². The number of amides is 2. The lowest BCUT2D eigenvalue weighted by molar-refractivity contribution is -0.127. The monoisotopic (exact) mass is 464 g/mol. The number of hydrogen-bond donors (Lipinski definition) is 1. The Bertz CT molecular complexity index is 1030. The number of aromatic nitrogens is 2. The molecule has 0 spiro atoms. The molecule has 1 fully saturated rings. The molecule has 1 aliphatic carbocycles. The smallest absolute Gasteiger partial charge is 0.277 e. The highest BCUT2D eigenvalue weighted by molar-refractivity contribution is 6.11. The number of rotatable bonds is 4. The van der Waals surface area contributed by atoms with Gasteiger partial charge in [0.2, 0.25) is 5.91 Å². The van der Waals surface area contributed by atoms with Gasteiger partial charge in [0.05, 0.1) is 12.2 Å². The van der Waals surface area contributed by atoms with Gasteiger partial charge in [-0.05, 0) is 49.9 Å². The molecule has 2 aromatic rings. The molecule has 1 atom stereocenters. The molecule has 0 bridgehead atoms. The first-order chi connectivity index (χ1) is 16.1. The van der Waals surface area contributed by atoms with Gasteiger partial charge < -0.3 is 5.32 Å². The van der Waals surface area contributed by atoms with Gasteiger partial charge in [0.15, 0.2) is 0 Å². The van der Waals surface area contributed by atoms with Crippen LogP contribution in [0.15, 0.2) is 30.3 Å². The van der Waals surface area contributed by atoms with Crippen LogP contribution in [0.4, 0.5) is 5.69 Å². The van der Waals surface area contributed by atoms with E-state index in [1.165, 1.54) is 24.8 Å². The van der Waals surface area contributed by atoms with Crippen LogP contribution in [0.25, 0.3) is 0 Å². The van der Waals surface area contributed by atoms with Crippen molar-refractivity contribution in [3.05, 3.63) is 47.3 Å². The van der Waals surface area contributed by atoms with E-state index in [-0.39, 0.29) is 23.3 Å². The number of carbonyl (C=O) groups excluding carboxylic acids is 2. The lowest BCUT2D eigenvalue weighted by Gasteiger charge is -2.44. The second-order valence-electron chi connectivity index (χ2n) is 11.3. The van der Waals surface area contributed by atoms with Crippen LogP contribution in [0, 0.1) is 0 Å². The zero-order chi connectivity index (χ0) is 24.5. The van der Waals surface area contributed by atoms with Crippen molar-refractivity contribution in [3.8, 4) is 0 Å². The minimum absolute atomic E-state index is 0.0931. The Morgan fingerprint density at radius 1 is 1.09 bits per heavy atom. The van der Waals surface area contributed by atoms with Crippen LogP contribution in [0.5, 0.6) is 0 Å². The van der Waals surface area contributed by atoms with Crippen molar-refractivity contribution in [2.75, 3.05) is 4.90 Å². The Balaban J connectivity index is 1.72. The number of benzene rings is 1. The molecule has 1 aromatic carbocycles. The summed E-state index contributed by atoms with van der Waals surface area (Å²) in [4.78, 5) is 29.5. The summed E-state index contributed by atoms with van der Waals surface area (Å²) < 4.78 is 1.75. The van der Waals surface area contributed by atoms with Crippen LogP contribution in [-0.4, -0.2) is 33.2 Å². The Morgan fingerprint density at radius 2 is 1.71 bits per heavy atom. The summed E-state index contributed by atoms with van der Waals surface area (Å²) in [6.07, 6.45) is 8.95. The van der Waals surface area contributed by atoms with E-state index in [0.29, 0.717) is 12.2 Å². The molecule has 184 valence electrons. The minimum atomic E-state index is -1.07. The summed E-state index contributed by atoms with van der Waals surface area (Å²) in [5.74, 6) is -0.265. The van der Waals surface area contributed by atoms with Crippen LogP contribution in [0.1, 0.15) is 101 Å². The predicted octanol–water partition coefficient (Wildman–Crippen LogP) is 5.39. The van der Waals surface area contributed by atoms with E-state index in [9.17, 15) is 9.59 Å². The lowest BCUT2D eigenvalue weighted by Crippen LogP contribution is -2.65. The highest BCUT2D eigenvalue weighted by Gasteiger charge is 2.49. The maximum atomic E-state index is 13.9. The van der Waals surface area contributed by atoms with Crippen molar-refractivity contribution in [1.82, 2.24) is 15.1 Å². The first-order valence-corrected chi connectivity index (χ1v) is 13.0. The maximum absolute atomic E-state index is 13.9. The van der Waals surface area contributed by atoms with Gasteiger partial charge in [0, 0.05) is 17.1 Å². The average Bonchev–Trinajstić information content (AvgIpc) is 3.20. The summed E-state index contributed by atoms with van der Waals surface area (Å²) in [6.45, 7) is 10.6. The number of hydrogen-bond acceptors (Lipinski definition) is 3. The molecule has 0 radical (unpaired) electrons. The highest BCUT2D eigenvalue weighted by atomic mass is 16.2. The molecule has 6 heteroatoms. The van der Waals surface area contributed by atoms with E-state index in [0.717, 1.165) is 43.5 Å². The zero-order valence-electron chi connectivity index (χ0n) is 21.5. The molecule has 2 heterocycles. The largest absolute Gasteiger partial charge is 0.351 e. The first-order valence-electron chi connectivity index (χ1n) is 13.0. The van der Waals surface area contributed by atoms with Crippen molar-refractivity contribution in [1.29, 1.82) is 0 Å².